The van der Waals surface area contributed by atoms with Gasteiger partial charge in [0.25, 0.3) is 5.91 Å². The van der Waals surface area contributed by atoms with Crippen molar-refractivity contribution in [2.24, 2.45) is 7.05 Å². The van der Waals surface area contributed by atoms with E-state index in [-0.39, 0.29) is 5.91 Å². The Balaban J connectivity index is 2.28. The Morgan fingerprint density at radius 1 is 1.47 bits per heavy atom. The molecule has 2 rings (SSSR count). The van der Waals surface area contributed by atoms with Crippen molar-refractivity contribution in [2.75, 3.05) is 11.5 Å². The molecule has 0 spiro atoms. The number of thioether (sulfide) groups is 1. The van der Waals surface area contributed by atoms with Crippen molar-refractivity contribution in [1.82, 2.24) is 15.1 Å². The molecule has 0 bridgehead atoms. The Morgan fingerprint density at radius 3 is 2.58 bits per heavy atom. The van der Waals surface area contributed by atoms with E-state index in [4.69, 9.17) is 0 Å². The minimum absolute atomic E-state index is 0.354. The fourth-order valence-corrected chi connectivity index (χ4v) is 3.59. The summed E-state index contributed by atoms with van der Waals surface area (Å²) in [5.74, 6) is -0.164. The van der Waals surface area contributed by atoms with Crippen LogP contribution in [0.3, 0.4) is 0 Å². The number of rotatable bonds is 3. The van der Waals surface area contributed by atoms with Crippen LogP contribution < -0.4 is 5.32 Å². The van der Waals surface area contributed by atoms with Gasteiger partial charge in [0.15, 0.2) is 0 Å². The molecule has 1 aromatic heterocycles. The molecule has 2 N–H and O–H groups in total. The second kappa shape index (κ2) is 4.88. The number of aliphatic carboxylic acids is 1. The summed E-state index contributed by atoms with van der Waals surface area (Å²) in [6, 6.07) is 0. The maximum absolute atomic E-state index is 12.3. The van der Waals surface area contributed by atoms with E-state index in [1.165, 1.54) is 0 Å². The molecule has 2 heterocycles. The summed E-state index contributed by atoms with van der Waals surface area (Å²) >= 11 is 1.54. The number of hydrogen-bond acceptors (Lipinski definition) is 4. The van der Waals surface area contributed by atoms with Crippen molar-refractivity contribution in [3.05, 3.63) is 17.0 Å². The third-order valence-electron chi connectivity index (χ3n) is 3.52. The zero-order valence-electron chi connectivity index (χ0n) is 11.2. The summed E-state index contributed by atoms with van der Waals surface area (Å²) in [7, 11) is 1.76. The van der Waals surface area contributed by atoms with E-state index in [0.717, 1.165) is 11.4 Å². The molecule has 0 unspecified atom stereocenters. The largest absolute Gasteiger partial charge is 0.479 e. The summed E-state index contributed by atoms with van der Waals surface area (Å²) in [5.41, 5.74) is 0.682. The Bertz CT molecular complexity index is 533. The van der Waals surface area contributed by atoms with E-state index >= 15 is 0 Å². The number of carboxylic acids is 1. The maximum atomic E-state index is 12.3. The van der Waals surface area contributed by atoms with Gasteiger partial charge in [-0.05, 0) is 26.0 Å². The van der Waals surface area contributed by atoms with Crippen molar-refractivity contribution >= 4 is 23.6 Å². The molecule has 1 aliphatic rings. The van der Waals surface area contributed by atoms with Gasteiger partial charge in [0.1, 0.15) is 5.54 Å². The SMILES string of the molecule is Cc1nn(C)c(C)c1C(=O)N[C@@]1(C(=O)O)CCSC1. The Kier molecular flexibility index (Phi) is 3.58. The van der Waals surface area contributed by atoms with Crippen LogP contribution in [0, 0.1) is 13.8 Å². The first-order chi connectivity index (χ1) is 8.87. The minimum atomic E-state index is -1.14. The molecule has 6 nitrogen and oxygen atoms in total. The van der Waals surface area contributed by atoms with E-state index in [2.05, 4.69) is 10.4 Å². The van der Waals surface area contributed by atoms with Gasteiger partial charge >= 0.3 is 5.97 Å². The highest BCUT2D eigenvalue weighted by Crippen LogP contribution is 2.29. The standard InChI is InChI=1S/C12H17N3O3S/c1-7-9(8(2)15(3)14-7)10(16)13-12(11(17)18)4-5-19-6-12/h4-6H2,1-3H3,(H,13,16)(H,17,18)/t12-/m0/s1. The van der Waals surface area contributed by atoms with Crippen LogP contribution in [-0.2, 0) is 11.8 Å². The topological polar surface area (TPSA) is 84.2 Å². The number of aromatic nitrogens is 2. The number of carboxylic acid groups (broad SMARTS) is 1. The molecule has 0 saturated carbocycles. The number of amides is 1. The third kappa shape index (κ3) is 2.34. The lowest BCUT2D eigenvalue weighted by atomic mass is 9.98. The molecule has 0 aromatic carbocycles. The van der Waals surface area contributed by atoms with Gasteiger partial charge < -0.3 is 10.4 Å². The van der Waals surface area contributed by atoms with Crippen LogP contribution in [0.1, 0.15) is 28.2 Å². The van der Waals surface area contributed by atoms with Gasteiger partial charge in [-0.15, -0.1) is 0 Å². The maximum Gasteiger partial charge on any atom is 0.330 e. The van der Waals surface area contributed by atoms with Gasteiger partial charge in [-0.1, -0.05) is 0 Å². The van der Waals surface area contributed by atoms with Gasteiger partial charge in [-0.2, -0.15) is 16.9 Å². The summed E-state index contributed by atoms with van der Waals surface area (Å²) < 4.78 is 1.63. The Morgan fingerprint density at radius 2 is 2.16 bits per heavy atom. The van der Waals surface area contributed by atoms with Crippen LogP contribution in [0.2, 0.25) is 0 Å². The molecule has 7 heteroatoms. The zero-order chi connectivity index (χ0) is 14.2. The molecule has 0 aliphatic carbocycles. The molecular weight excluding hydrogens is 266 g/mol. The van der Waals surface area contributed by atoms with E-state index in [0.29, 0.717) is 23.4 Å². The predicted octanol–water partition coefficient (Wildman–Crippen LogP) is 0.727. The number of carbonyl (C=O) groups excluding carboxylic acids is 1. The van der Waals surface area contributed by atoms with Crippen LogP contribution in [0.25, 0.3) is 0 Å². The highest BCUT2D eigenvalue weighted by atomic mass is 32.2. The summed E-state index contributed by atoms with van der Waals surface area (Å²) in [6.45, 7) is 3.55. The van der Waals surface area contributed by atoms with Crippen LogP contribution in [0.15, 0.2) is 0 Å². The highest BCUT2D eigenvalue weighted by Gasteiger charge is 2.43. The van der Waals surface area contributed by atoms with E-state index < -0.39 is 11.5 Å². The van der Waals surface area contributed by atoms with E-state index in [1.54, 1.807) is 37.3 Å². The van der Waals surface area contributed by atoms with Crippen LogP contribution in [0.5, 0.6) is 0 Å². The Hall–Kier alpha value is -1.50. The molecular formula is C12H17N3O3S. The fraction of sp³-hybridized carbons (Fsp3) is 0.583. The molecule has 1 fully saturated rings. The average molecular weight is 283 g/mol. The lowest BCUT2D eigenvalue weighted by Crippen LogP contribution is -2.54. The summed E-state index contributed by atoms with van der Waals surface area (Å²) in [6.07, 6.45) is 0.455. The fourth-order valence-electron chi connectivity index (χ4n) is 2.27. The predicted molar refractivity (Wildman–Crippen MR) is 72.5 cm³/mol. The van der Waals surface area contributed by atoms with Crippen molar-refractivity contribution in [3.8, 4) is 0 Å². The van der Waals surface area contributed by atoms with Crippen LogP contribution >= 0.6 is 11.8 Å². The van der Waals surface area contributed by atoms with Crippen LogP contribution in [0.4, 0.5) is 0 Å². The number of aryl methyl sites for hydroxylation is 2. The first kappa shape index (κ1) is 13.9. The monoisotopic (exact) mass is 283 g/mol. The molecule has 1 atom stereocenters. The number of nitrogens with zero attached hydrogens (tertiary/aromatic N) is 2. The van der Waals surface area contributed by atoms with Gasteiger partial charge in [0, 0.05) is 18.5 Å². The zero-order valence-corrected chi connectivity index (χ0v) is 12.0. The smallest absolute Gasteiger partial charge is 0.330 e. The van der Waals surface area contributed by atoms with Crippen molar-refractivity contribution < 1.29 is 14.7 Å². The minimum Gasteiger partial charge on any atom is -0.479 e. The summed E-state index contributed by atoms with van der Waals surface area (Å²) in [4.78, 5) is 23.7. The Labute approximate surface area is 115 Å². The number of nitrogens with one attached hydrogen (secondary N) is 1. The normalized spacial score (nSPS) is 22.5. The van der Waals surface area contributed by atoms with Crippen molar-refractivity contribution in [2.45, 2.75) is 25.8 Å². The molecule has 1 saturated heterocycles. The van der Waals surface area contributed by atoms with Gasteiger partial charge in [-0.25, -0.2) is 4.79 Å². The molecule has 1 aromatic rings. The first-order valence-corrected chi connectivity index (χ1v) is 7.17. The highest BCUT2D eigenvalue weighted by molar-refractivity contribution is 7.99. The quantitative estimate of drug-likeness (QED) is 0.854. The average Bonchev–Trinajstić information content (AvgIpc) is 2.86. The molecule has 19 heavy (non-hydrogen) atoms. The molecule has 0 radical (unpaired) electrons. The molecule has 104 valence electrons. The third-order valence-corrected chi connectivity index (χ3v) is 4.71. The van der Waals surface area contributed by atoms with Gasteiger partial charge in [-0.3, -0.25) is 9.48 Å². The molecule has 1 aliphatic heterocycles. The molecule has 1 amide bonds. The lowest BCUT2D eigenvalue weighted by molar-refractivity contribution is -0.143. The van der Waals surface area contributed by atoms with Gasteiger partial charge in [0.2, 0.25) is 0 Å². The summed E-state index contributed by atoms with van der Waals surface area (Å²) in [5, 5.41) is 16.2. The number of hydrogen-bond donors (Lipinski definition) is 2. The van der Waals surface area contributed by atoms with E-state index in [1.807, 2.05) is 0 Å². The van der Waals surface area contributed by atoms with Gasteiger partial charge in [0.05, 0.1) is 11.3 Å². The van der Waals surface area contributed by atoms with E-state index in [9.17, 15) is 14.7 Å². The first-order valence-electron chi connectivity index (χ1n) is 6.01. The number of carbonyl (C=O) groups is 2. The van der Waals surface area contributed by atoms with Crippen LogP contribution in [-0.4, -0.2) is 43.8 Å². The lowest BCUT2D eigenvalue weighted by Gasteiger charge is -2.24. The second-order valence-electron chi connectivity index (χ2n) is 4.81. The second-order valence-corrected chi connectivity index (χ2v) is 5.92. The van der Waals surface area contributed by atoms with Crippen molar-refractivity contribution in [3.63, 3.8) is 0 Å². The van der Waals surface area contributed by atoms with Crippen molar-refractivity contribution in [1.29, 1.82) is 0 Å².